The summed E-state index contributed by atoms with van der Waals surface area (Å²) in [5.41, 5.74) is -0.510. The maximum Gasteiger partial charge on any atom is 0.407 e. The summed E-state index contributed by atoms with van der Waals surface area (Å²) in [6.07, 6.45) is -0.522. The van der Waals surface area contributed by atoms with E-state index in [1.54, 1.807) is 20.8 Å². The topological polar surface area (TPSA) is 78.8 Å². The molecule has 1 fully saturated rings. The predicted molar refractivity (Wildman–Crippen MR) is 54.4 cm³/mol. The highest BCUT2D eigenvalue weighted by Gasteiger charge is 2.43. The van der Waals surface area contributed by atoms with Crippen LogP contribution in [0.2, 0.25) is 0 Å². The van der Waals surface area contributed by atoms with Gasteiger partial charge in [-0.25, -0.2) is 4.79 Å². The maximum absolute atomic E-state index is 11.3. The molecule has 3 N–H and O–H groups in total. The third-order valence-electron chi connectivity index (χ3n) is 2.22. The Labute approximate surface area is 89.4 Å². The fraction of sp³-hybridized carbons (Fsp3) is 0.900. The average Bonchev–Trinajstić information content (AvgIpc) is 2.79. The third-order valence-corrected chi connectivity index (χ3v) is 2.22. The van der Waals surface area contributed by atoms with Crippen molar-refractivity contribution in [2.24, 2.45) is 5.92 Å². The van der Waals surface area contributed by atoms with Crippen LogP contribution in [0.3, 0.4) is 0 Å². The highest BCUT2D eigenvalue weighted by molar-refractivity contribution is 5.68. The van der Waals surface area contributed by atoms with Crippen LogP contribution < -0.4 is 5.32 Å². The van der Waals surface area contributed by atoms with E-state index in [4.69, 9.17) is 9.84 Å². The van der Waals surface area contributed by atoms with E-state index in [1.165, 1.54) is 0 Å². The number of aliphatic hydroxyl groups is 2. The van der Waals surface area contributed by atoms with E-state index in [2.05, 4.69) is 5.32 Å². The molecule has 1 saturated carbocycles. The van der Waals surface area contributed by atoms with E-state index < -0.39 is 17.8 Å². The smallest absolute Gasteiger partial charge is 0.407 e. The van der Waals surface area contributed by atoms with Crippen molar-refractivity contribution in [2.75, 3.05) is 6.61 Å². The Kier molecular flexibility index (Phi) is 3.57. The number of alkyl carbamates (subject to hydrolysis) is 1. The quantitative estimate of drug-likeness (QED) is 0.633. The van der Waals surface area contributed by atoms with Crippen LogP contribution in [0.4, 0.5) is 4.79 Å². The van der Waals surface area contributed by atoms with Crippen molar-refractivity contribution < 1.29 is 19.7 Å². The van der Waals surface area contributed by atoms with Crippen LogP contribution in [-0.2, 0) is 4.74 Å². The molecule has 5 heteroatoms. The van der Waals surface area contributed by atoms with Gasteiger partial charge in [-0.3, -0.25) is 0 Å². The molecule has 0 aliphatic heterocycles. The van der Waals surface area contributed by atoms with Crippen molar-refractivity contribution in [1.82, 2.24) is 5.32 Å². The average molecular weight is 217 g/mol. The first-order valence-corrected chi connectivity index (χ1v) is 5.12. The van der Waals surface area contributed by atoms with Gasteiger partial charge in [0.15, 0.2) is 0 Å². The minimum atomic E-state index is -0.745. The van der Waals surface area contributed by atoms with Gasteiger partial charge in [-0.05, 0) is 27.2 Å². The molecule has 1 amide bonds. The lowest BCUT2D eigenvalue weighted by atomic mass is 10.2. The first-order chi connectivity index (χ1) is 6.83. The van der Waals surface area contributed by atoms with Gasteiger partial charge in [-0.15, -0.1) is 0 Å². The molecule has 3 atom stereocenters. The Balaban J connectivity index is 2.25. The van der Waals surface area contributed by atoms with Crippen LogP contribution in [-0.4, -0.2) is 40.7 Å². The maximum atomic E-state index is 11.3. The lowest BCUT2D eigenvalue weighted by Crippen LogP contribution is -2.35. The van der Waals surface area contributed by atoms with Gasteiger partial charge in [0.2, 0.25) is 0 Å². The van der Waals surface area contributed by atoms with E-state index >= 15 is 0 Å². The molecule has 88 valence electrons. The molecule has 1 aliphatic rings. The fourth-order valence-corrected chi connectivity index (χ4v) is 1.40. The van der Waals surface area contributed by atoms with E-state index in [0.717, 1.165) is 0 Å². The van der Waals surface area contributed by atoms with Gasteiger partial charge >= 0.3 is 6.09 Å². The molecule has 0 bridgehead atoms. The van der Waals surface area contributed by atoms with Gasteiger partial charge in [-0.1, -0.05) is 0 Å². The van der Waals surface area contributed by atoms with E-state index in [1.807, 2.05) is 0 Å². The summed E-state index contributed by atoms with van der Waals surface area (Å²) in [6.45, 7) is 5.11. The molecule has 5 nitrogen and oxygen atoms in total. The largest absolute Gasteiger partial charge is 0.444 e. The SMILES string of the molecule is CC(C)(C)OC(=O)N[C@H]1C[C@H]1[C@H](O)CO. The number of aliphatic hydroxyl groups excluding tert-OH is 2. The molecule has 0 heterocycles. The molecule has 0 spiro atoms. The van der Waals surface area contributed by atoms with Gasteiger partial charge in [0, 0.05) is 12.0 Å². The lowest BCUT2D eigenvalue weighted by Gasteiger charge is -2.19. The van der Waals surface area contributed by atoms with Crippen molar-refractivity contribution in [1.29, 1.82) is 0 Å². The molecule has 0 saturated heterocycles. The van der Waals surface area contributed by atoms with Crippen molar-refractivity contribution in [3.63, 3.8) is 0 Å². The van der Waals surface area contributed by atoms with Crippen LogP contribution in [0, 0.1) is 5.92 Å². The molecule has 1 rings (SSSR count). The second-order valence-electron chi connectivity index (χ2n) is 4.90. The number of amides is 1. The Morgan fingerprint density at radius 2 is 2.20 bits per heavy atom. The first kappa shape index (κ1) is 12.3. The molecule has 0 aromatic heterocycles. The van der Waals surface area contributed by atoms with Gasteiger partial charge in [0.05, 0.1) is 12.7 Å². The summed E-state index contributed by atoms with van der Waals surface area (Å²) in [7, 11) is 0. The van der Waals surface area contributed by atoms with Crippen LogP contribution in [0.15, 0.2) is 0 Å². The summed E-state index contributed by atoms with van der Waals surface area (Å²) >= 11 is 0. The Hall–Kier alpha value is -0.810. The number of carbonyl (C=O) groups excluding carboxylic acids is 1. The molecular formula is C10H19NO4. The fourth-order valence-electron chi connectivity index (χ4n) is 1.40. The van der Waals surface area contributed by atoms with Crippen LogP contribution >= 0.6 is 0 Å². The summed E-state index contributed by atoms with van der Waals surface area (Å²) in [5.74, 6) is -0.0393. The number of rotatable bonds is 3. The van der Waals surface area contributed by atoms with E-state index in [0.29, 0.717) is 6.42 Å². The highest BCUT2D eigenvalue weighted by Crippen LogP contribution is 2.33. The zero-order valence-electron chi connectivity index (χ0n) is 9.36. The van der Waals surface area contributed by atoms with Crippen LogP contribution in [0.1, 0.15) is 27.2 Å². The summed E-state index contributed by atoms with van der Waals surface area (Å²) in [4.78, 5) is 11.3. The Morgan fingerprint density at radius 1 is 1.60 bits per heavy atom. The van der Waals surface area contributed by atoms with Crippen molar-refractivity contribution in [3.8, 4) is 0 Å². The Morgan fingerprint density at radius 3 is 2.67 bits per heavy atom. The molecule has 0 radical (unpaired) electrons. The number of nitrogens with one attached hydrogen (secondary N) is 1. The Bertz CT molecular complexity index is 236. The van der Waals surface area contributed by atoms with Crippen molar-refractivity contribution >= 4 is 6.09 Å². The predicted octanol–water partition coefficient (Wildman–Crippen LogP) is 0.253. The number of carbonyl (C=O) groups is 1. The molecular weight excluding hydrogens is 198 g/mol. The second kappa shape index (κ2) is 4.37. The van der Waals surface area contributed by atoms with Crippen LogP contribution in [0.25, 0.3) is 0 Å². The molecule has 15 heavy (non-hydrogen) atoms. The third kappa shape index (κ3) is 4.05. The zero-order chi connectivity index (χ0) is 11.6. The van der Waals surface area contributed by atoms with Gasteiger partial charge in [0.25, 0.3) is 0 Å². The minimum absolute atomic E-state index is 0.0393. The van der Waals surface area contributed by atoms with Crippen molar-refractivity contribution in [2.45, 2.75) is 44.9 Å². The van der Waals surface area contributed by atoms with E-state index in [-0.39, 0.29) is 18.6 Å². The first-order valence-electron chi connectivity index (χ1n) is 5.12. The van der Waals surface area contributed by atoms with Crippen LogP contribution in [0.5, 0.6) is 0 Å². The molecule has 0 unspecified atom stereocenters. The molecule has 1 aliphatic carbocycles. The minimum Gasteiger partial charge on any atom is -0.444 e. The normalized spacial score (nSPS) is 27.0. The standard InChI is InChI=1S/C10H19NO4/c1-10(2,3)15-9(14)11-7-4-6(7)8(13)5-12/h6-8,12-13H,4-5H2,1-3H3,(H,11,14)/t6-,7+,8-/m1/s1. The zero-order valence-corrected chi connectivity index (χ0v) is 9.36. The number of hydrogen-bond acceptors (Lipinski definition) is 4. The number of ether oxygens (including phenoxy) is 1. The summed E-state index contributed by atoms with van der Waals surface area (Å²) < 4.78 is 5.06. The summed E-state index contributed by atoms with van der Waals surface area (Å²) in [6, 6.07) is -0.0676. The monoisotopic (exact) mass is 217 g/mol. The summed E-state index contributed by atoms with van der Waals surface area (Å²) in [5, 5.41) is 20.6. The molecule has 0 aromatic carbocycles. The lowest BCUT2D eigenvalue weighted by molar-refractivity contribution is 0.0494. The van der Waals surface area contributed by atoms with Gasteiger partial charge in [-0.2, -0.15) is 0 Å². The second-order valence-corrected chi connectivity index (χ2v) is 4.90. The highest BCUT2D eigenvalue weighted by atomic mass is 16.6. The van der Waals surface area contributed by atoms with Gasteiger partial charge < -0.3 is 20.3 Å². The van der Waals surface area contributed by atoms with Crippen molar-refractivity contribution in [3.05, 3.63) is 0 Å². The van der Waals surface area contributed by atoms with Gasteiger partial charge in [0.1, 0.15) is 5.60 Å². The number of hydrogen-bond donors (Lipinski definition) is 3. The van der Waals surface area contributed by atoms with E-state index in [9.17, 15) is 9.90 Å². The molecule has 0 aromatic rings.